The lowest BCUT2D eigenvalue weighted by molar-refractivity contribution is -0.133. The van der Waals surface area contributed by atoms with Crippen molar-refractivity contribution in [3.63, 3.8) is 0 Å². The summed E-state index contributed by atoms with van der Waals surface area (Å²) in [6, 6.07) is 0.898. The smallest absolute Gasteiger partial charge is 0.315 e. The van der Waals surface area contributed by atoms with Crippen molar-refractivity contribution < 1.29 is 14.3 Å². The maximum atomic E-state index is 12.9. The summed E-state index contributed by atoms with van der Waals surface area (Å²) >= 11 is 1.95. The van der Waals surface area contributed by atoms with Gasteiger partial charge < -0.3 is 20.3 Å². The molecule has 164 valence electrons. The van der Waals surface area contributed by atoms with Gasteiger partial charge in [0.1, 0.15) is 0 Å². The highest BCUT2D eigenvalue weighted by Gasteiger charge is 2.42. The number of ether oxygens (including phenoxy) is 1. The molecule has 3 amide bonds. The second kappa shape index (κ2) is 9.43. The van der Waals surface area contributed by atoms with E-state index in [9.17, 15) is 9.59 Å². The van der Waals surface area contributed by atoms with Crippen LogP contribution in [0, 0.1) is 0 Å². The summed E-state index contributed by atoms with van der Waals surface area (Å²) in [5, 5.41) is 6.53. The van der Waals surface area contributed by atoms with E-state index >= 15 is 0 Å². The van der Waals surface area contributed by atoms with Gasteiger partial charge in [0.15, 0.2) is 0 Å². The number of nitrogens with zero attached hydrogens (tertiary/aromatic N) is 2. The van der Waals surface area contributed by atoms with Crippen LogP contribution in [-0.2, 0) is 9.53 Å². The topological polar surface area (TPSA) is 73.9 Å². The minimum absolute atomic E-state index is 0.0235. The van der Waals surface area contributed by atoms with Crippen LogP contribution < -0.4 is 10.6 Å². The van der Waals surface area contributed by atoms with E-state index in [1.54, 1.807) is 0 Å². The fraction of sp³-hybridized carbons (Fsp3) is 0.905. The van der Waals surface area contributed by atoms with Crippen LogP contribution in [0.15, 0.2) is 0 Å². The number of fused-ring (bicyclic) bond motifs is 1. The number of hydrogen-bond donors (Lipinski definition) is 2. The zero-order chi connectivity index (χ0) is 20.4. The van der Waals surface area contributed by atoms with Gasteiger partial charge in [0.25, 0.3) is 0 Å². The minimum Gasteiger partial charge on any atom is -0.373 e. The SMILES string of the molecule is CC1CN(CC2CCCN2C(=O)CCCC[C@@H]2SC[C@@H]3NC(=O)N[C@@H]32)CC(C)O1. The fourth-order valence-electron chi connectivity index (χ4n) is 5.49. The van der Waals surface area contributed by atoms with Crippen LogP contribution in [-0.4, -0.2) is 89.3 Å². The Bertz CT molecular complexity index is 596. The van der Waals surface area contributed by atoms with Crippen LogP contribution in [0.2, 0.25) is 0 Å². The van der Waals surface area contributed by atoms with Gasteiger partial charge in [-0.05, 0) is 39.5 Å². The summed E-state index contributed by atoms with van der Waals surface area (Å²) in [5.74, 6) is 1.33. The Labute approximate surface area is 178 Å². The van der Waals surface area contributed by atoms with Crippen molar-refractivity contribution >= 4 is 23.7 Å². The van der Waals surface area contributed by atoms with E-state index in [2.05, 4.69) is 34.3 Å². The lowest BCUT2D eigenvalue weighted by Gasteiger charge is -2.38. The average molecular weight is 425 g/mol. The van der Waals surface area contributed by atoms with Crippen LogP contribution in [0.4, 0.5) is 4.79 Å². The van der Waals surface area contributed by atoms with Gasteiger partial charge in [0.2, 0.25) is 5.91 Å². The molecule has 3 unspecified atom stereocenters. The number of amides is 3. The first-order chi connectivity index (χ1) is 14.0. The number of carbonyl (C=O) groups excluding carboxylic acids is 2. The predicted octanol–water partition coefficient (Wildman–Crippen LogP) is 1.81. The first-order valence-electron chi connectivity index (χ1n) is 11.4. The van der Waals surface area contributed by atoms with Crippen molar-refractivity contribution in [1.82, 2.24) is 20.4 Å². The van der Waals surface area contributed by atoms with E-state index in [1.165, 1.54) is 0 Å². The molecule has 0 radical (unpaired) electrons. The molecule has 0 aliphatic carbocycles. The lowest BCUT2D eigenvalue weighted by atomic mass is 10.0. The highest BCUT2D eigenvalue weighted by Crippen LogP contribution is 2.33. The molecule has 8 heteroatoms. The molecule has 4 heterocycles. The van der Waals surface area contributed by atoms with Crippen molar-refractivity contribution in [3.05, 3.63) is 0 Å². The van der Waals surface area contributed by atoms with Gasteiger partial charge >= 0.3 is 6.03 Å². The third-order valence-corrected chi connectivity index (χ3v) is 8.24. The van der Waals surface area contributed by atoms with Gasteiger partial charge in [-0.15, -0.1) is 0 Å². The van der Waals surface area contributed by atoms with Crippen molar-refractivity contribution in [1.29, 1.82) is 0 Å². The van der Waals surface area contributed by atoms with E-state index < -0.39 is 0 Å². The molecule has 0 bridgehead atoms. The number of urea groups is 1. The highest BCUT2D eigenvalue weighted by atomic mass is 32.2. The maximum absolute atomic E-state index is 12.9. The van der Waals surface area contributed by atoms with E-state index in [0.29, 0.717) is 23.6 Å². The molecule has 4 aliphatic heterocycles. The number of carbonyl (C=O) groups is 2. The molecule has 4 aliphatic rings. The van der Waals surface area contributed by atoms with Crippen LogP contribution in [0.3, 0.4) is 0 Å². The quantitative estimate of drug-likeness (QED) is 0.482. The molecule has 0 aromatic rings. The zero-order valence-corrected chi connectivity index (χ0v) is 18.6. The molecule has 29 heavy (non-hydrogen) atoms. The predicted molar refractivity (Wildman–Crippen MR) is 115 cm³/mol. The van der Waals surface area contributed by atoms with Gasteiger partial charge in [-0.25, -0.2) is 4.79 Å². The summed E-state index contributed by atoms with van der Waals surface area (Å²) in [5.41, 5.74) is 0. The molecule has 4 rings (SSSR count). The van der Waals surface area contributed by atoms with E-state index in [0.717, 1.165) is 64.0 Å². The van der Waals surface area contributed by atoms with E-state index in [1.807, 2.05) is 11.8 Å². The second-order valence-electron chi connectivity index (χ2n) is 9.23. The second-order valence-corrected chi connectivity index (χ2v) is 10.5. The Balaban J connectivity index is 1.17. The van der Waals surface area contributed by atoms with Crippen molar-refractivity contribution in [2.45, 2.75) is 88.0 Å². The molecule has 6 atom stereocenters. The Morgan fingerprint density at radius 2 is 2.00 bits per heavy atom. The number of morpholine rings is 1. The molecule has 4 fully saturated rings. The van der Waals surface area contributed by atoms with Gasteiger partial charge in [0, 0.05) is 49.6 Å². The maximum Gasteiger partial charge on any atom is 0.315 e. The number of unbranched alkanes of at least 4 members (excludes halogenated alkanes) is 1. The molecule has 4 saturated heterocycles. The molecule has 0 saturated carbocycles. The summed E-state index contributed by atoms with van der Waals surface area (Å²) in [4.78, 5) is 29.0. The van der Waals surface area contributed by atoms with Gasteiger partial charge in [-0.1, -0.05) is 6.42 Å². The Hall–Kier alpha value is -0.990. The van der Waals surface area contributed by atoms with Crippen LogP contribution in [0.25, 0.3) is 0 Å². The third kappa shape index (κ3) is 5.20. The van der Waals surface area contributed by atoms with E-state index in [4.69, 9.17) is 4.74 Å². The molecular formula is C21H36N4O3S. The Kier molecular flexibility index (Phi) is 6.91. The number of likely N-dealkylation sites (tertiary alicyclic amines) is 1. The monoisotopic (exact) mass is 424 g/mol. The Morgan fingerprint density at radius 1 is 1.21 bits per heavy atom. The summed E-state index contributed by atoms with van der Waals surface area (Å²) in [7, 11) is 0. The average Bonchev–Trinajstić information content (AvgIpc) is 3.34. The number of nitrogens with one attached hydrogen (secondary N) is 2. The lowest BCUT2D eigenvalue weighted by Crippen LogP contribution is -2.50. The molecule has 0 spiro atoms. The summed E-state index contributed by atoms with van der Waals surface area (Å²) in [6.45, 7) is 8.11. The molecule has 0 aromatic carbocycles. The van der Waals surface area contributed by atoms with Gasteiger partial charge in [0.05, 0.1) is 24.3 Å². The first kappa shape index (κ1) is 21.2. The van der Waals surface area contributed by atoms with Crippen LogP contribution >= 0.6 is 11.8 Å². The summed E-state index contributed by atoms with van der Waals surface area (Å²) < 4.78 is 5.84. The molecular weight excluding hydrogens is 388 g/mol. The van der Waals surface area contributed by atoms with Gasteiger partial charge in [-0.3, -0.25) is 9.69 Å². The first-order valence-corrected chi connectivity index (χ1v) is 12.4. The van der Waals surface area contributed by atoms with Crippen molar-refractivity contribution in [2.75, 3.05) is 31.9 Å². The molecule has 7 nitrogen and oxygen atoms in total. The number of rotatable bonds is 7. The van der Waals surface area contributed by atoms with Crippen LogP contribution in [0.1, 0.15) is 52.4 Å². The molecule has 0 aromatic heterocycles. The highest BCUT2D eigenvalue weighted by molar-refractivity contribution is 8.00. The fourth-order valence-corrected chi connectivity index (χ4v) is 7.04. The van der Waals surface area contributed by atoms with Crippen molar-refractivity contribution in [2.24, 2.45) is 0 Å². The standard InChI is InChI=1S/C21H36N4O3S/c1-14-10-24(11-15(2)28-14)12-16-6-5-9-25(16)19(26)8-4-3-7-18-20-17(13-29-18)22-21(27)23-20/h14-18,20H,3-13H2,1-2H3,(H2,22,23,27)/t14?,15?,16?,17-,18-,20-/m0/s1. The van der Waals surface area contributed by atoms with E-state index in [-0.39, 0.29) is 30.3 Å². The molecule has 2 N–H and O–H groups in total. The number of hydrogen-bond acceptors (Lipinski definition) is 5. The third-order valence-electron chi connectivity index (χ3n) is 6.73. The normalized spacial score (nSPS) is 37.4. The van der Waals surface area contributed by atoms with Gasteiger partial charge in [-0.2, -0.15) is 11.8 Å². The minimum atomic E-state index is -0.0235. The van der Waals surface area contributed by atoms with Crippen LogP contribution in [0.5, 0.6) is 0 Å². The largest absolute Gasteiger partial charge is 0.373 e. The number of thioether (sulfide) groups is 1. The zero-order valence-electron chi connectivity index (χ0n) is 17.8. The Morgan fingerprint density at radius 3 is 2.79 bits per heavy atom. The summed E-state index contributed by atoms with van der Waals surface area (Å²) in [6.07, 6.45) is 6.54. The van der Waals surface area contributed by atoms with Crippen molar-refractivity contribution in [3.8, 4) is 0 Å².